The molecule has 0 aliphatic carbocycles. The van der Waals surface area contributed by atoms with Crippen molar-refractivity contribution in [3.63, 3.8) is 0 Å². The van der Waals surface area contributed by atoms with Crippen molar-refractivity contribution in [3.05, 3.63) is 46.8 Å². The van der Waals surface area contributed by atoms with Gasteiger partial charge in [-0.15, -0.1) is 11.3 Å². The van der Waals surface area contributed by atoms with Crippen molar-refractivity contribution < 1.29 is 4.39 Å². The van der Waals surface area contributed by atoms with Gasteiger partial charge in [-0.1, -0.05) is 0 Å². The lowest BCUT2D eigenvalue weighted by Crippen LogP contribution is -2.11. The molecule has 1 aromatic carbocycles. The smallest absolute Gasteiger partial charge is 0.224 e. The van der Waals surface area contributed by atoms with Crippen molar-refractivity contribution in [2.75, 3.05) is 11.9 Å². The Bertz CT molecular complexity index is 726. The number of halogens is 2. The van der Waals surface area contributed by atoms with E-state index in [-0.39, 0.29) is 11.1 Å². The predicted molar refractivity (Wildman–Crippen MR) is 76.9 cm³/mol. The zero-order valence-corrected chi connectivity index (χ0v) is 11.5. The lowest BCUT2D eigenvalue weighted by molar-refractivity contribution is 0.628. The first-order chi connectivity index (χ1) is 9.15. The van der Waals surface area contributed by atoms with Gasteiger partial charge >= 0.3 is 0 Å². The lowest BCUT2D eigenvalue weighted by atomic mass is 10.3. The molecule has 0 aliphatic rings. The molecule has 2 aromatic heterocycles. The highest BCUT2D eigenvalue weighted by Gasteiger charge is 2.13. The van der Waals surface area contributed by atoms with Gasteiger partial charge in [-0.3, -0.25) is 0 Å². The molecule has 0 amide bonds. The standard InChI is InChI=1S/C13H9ClFN3S/c1-18(9-4-2-8(15)3-5-9)12-11-10(6-7-19-11)16-13(14)17-12/h2-7H,1H3. The molecule has 0 spiro atoms. The largest absolute Gasteiger partial charge is 0.328 e. The quantitative estimate of drug-likeness (QED) is 0.661. The zero-order valence-electron chi connectivity index (χ0n) is 9.97. The lowest BCUT2D eigenvalue weighted by Gasteiger charge is -2.18. The Labute approximate surface area is 118 Å². The summed E-state index contributed by atoms with van der Waals surface area (Å²) < 4.78 is 13.9. The minimum Gasteiger partial charge on any atom is -0.328 e. The molecule has 3 rings (SSSR count). The second-order valence-electron chi connectivity index (χ2n) is 3.99. The first-order valence-corrected chi connectivity index (χ1v) is 6.81. The van der Waals surface area contributed by atoms with E-state index in [0.29, 0.717) is 0 Å². The Hall–Kier alpha value is -1.72. The van der Waals surface area contributed by atoms with Gasteiger partial charge in [0.1, 0.15) is 5.82 Å². The molecule has 2 heterocycles. The summed E-state index contributed by atoms with van der Waals surface area (Å²) in [4.78, 5) is 10.3. The zero-order chi connectivity index (χ0) is 13.4. The average Bonchev–Trinajstić information content (AvgIpc) is 2.85. The van der Waals surface area contributed by atoms with Crippen molar-refractivity contribution in [1.82, 2.24) is 9.97 Å². The topological polar surface area (TPSA) is 29.0 Å². The fourth-order valence-electron chi connectivity index (χ4n) is 1.83. The van der Waals surface area contributed by atoms with E-state index in [4.69, 9.17) is 11.6 Å². The van der Waals surface area contributed by atoms with Crippen LogP contribution in [-0.2, 0) is 0 Å². The summed E-state index contributed by atoms with van der Waals surface area (Å²) in [6, 6.07) is 8.13. The number of anilines is 2. The SMILES string of the molecule is CN(c1ccc(F)cc1)c1nc(Cl)nc2ccsc12. The van der Waals surface area contributed by atoms with E-state index in [9.17, 15) is 4.39 Å². The molecule has 0 N–H and O–H groups in total. The average molecular weight is 294 g/mol. The van der Waals surface area contributed by atoms with Gasteiger partial charge in [0.2, 0.25) is 5.28 Å². The predicted octanol–water partition coefficient (Wildman–Crippen LogP) is 4.25. The second-order valence-corrected chi connectivity index (χ2v) is 5.24. The molecule has 19 heavy (non-hydrogen) atoms. The first kappa shape index (κ1) is 12.3. The van der Waals surface area contributed by atoms with Crippen LogP contribution in [0.5, 0.6) is 0 Å². The van der Waals surface area contributed by atoms with E-state index in [2.05, 4.69) is 9.97 Å². The molecule has 0 unspecified atom stereocenters. The van der Waals surface area contributed by atoms with Crippen LogP contribution in [0.4, 0.5) is 15.9 Å². The van der Waals surface area contributed by atoms with E-state index in [1.807, 2.05) is 23.4 Å². The van der Waals surface area contributed by atoms with Gasteiger partial charge in [-0.05, 0) is 47.3 Å². The summed E-state index contributed by atoms with van der Waals surface area (Å²) in [5.74, 6) is 0.454. The Kier molecular flexibility index (Phi) is 3.08. The Morgan fingerprint density at radius 2 is 1.89 bits per heavy atom. The first-order valence-electron chi connectivity index (χ1n) is 5.55. The van der Waals surface area contributed by atoms with Gasteiger partial charge in [-0.2, -0.15) is 4.98 Å². The Balaban J connectivity index is 2.12. The minimum absolute atomic E-state index is 0.204. The van der Waals surface area contributed by atoms with Gasteiger partial charge in [0, 0.05) is 12.7 Å². The summed E-state index contributed by atoms with van der Waals surface area (Å²) in [5, 5.41) is 2.15. The molecule has 0 aliphatic heterocycles. The highest BCUT2D eigenvalue weighted by Crippen LogP contribution is 2.32. The number of nitrogens with zero attached hydrogens (tertiary/aromatic N) is 3. The molecule has 3 aromatic rings. The van der Waals surface area contributed by atoms with Gasteiger partial charge < -0.3 is 4.90 Å². The third-order valence-corrected chi connectivity index (χ3v) is 3.86. The molecule has 0 radical (unpaired) electrons. The van der Waals surface area contributed by atoms with E-state index >= 15 is 0 Å². The fraction of sp³-hybridized carbons (Fsp3) is 0.0769. The maximum Gasteiger partial charge on any atom is 0.224 e. The maximum absolute atomic E-state index is 13.0. The van der Waals surface area contributed by atoms with Crippen molar-refractivity contribution in [2.24, 2.45) is 0 Å². The fourth-order valence-corrected chi connectivity index (χ4v) is 2.86. The summed E-state index contributed by atoms with van der Waals surface area (Å²) in [7, 11) is 1.87. The van der Waals surface area contributed by atoms with Crippen LogP contribution in [0, 0.1) is 5.82 Å². The number of hydrogen-bond acceptors (Lipinski definition) is 4. The molecule has 0 fully saturated rings. The molecule has 0 bridgehead atoms. The molecule has 6 heteroatoms. The van der Waals surface area contributed by atoms with Crippen molar-refractivity contribution in [1.29, 1.82) is 0 Å². The van der Waals surface area contributed by atoms with Crippen LogP contribution in [0.2, 0.25) is 5.28 Å². The summed E-state index contributed by atoms with van der Waals surface area (Å²) in [5.41, 5.74) is 1.65. The molecule has 3 nitrogen and oxygen atoms in total. The van der Waals surface area contributed by atoms with Crippen LogP contribution < -0.4 is 4.90 Å². The second kappa shape index (κ2) is 4.75. The van der Waals surface area contributed by atoms with Gasteiger partial charge in [0.05, 0.1) is 10.2 Å². The molecule has 0 saturated heterocycles. The summed E-state index contributed by atoms with van der Waals surface area (Å²) in [6.45, 7) is 0. The number of rotatable bonds is 2. The monoisotopic (exact) mass is 293 g/mol. The highest BCUT2D eigenvalue weighted by atomic mass is 35.5. The van der Waals surface area contributed by atoms with Gasteiger partial charge in [0.15, 0.2) is 5.82 Å². The number of fused-ring (bicyclic) bond motifs is 1. The molecule has 96 valence electrons. The maximum atomic E-state index is 13.0. The molecular formula is C13H9ClFN3S. The van der Waals surface area contributed by atoms with Gasteiger partial charge in [-0.25, -0.2) is 9.37 Å². The van der Waals surface area contributed by atoms with E-state index in [1.165, 1.54) is 12.1 Å². The third-order valence-electron chi connectivity index (χ3n) is 2.79. The summed E-state index contributed by atoms with van der Waals surface area (Å²) in [6.07, 6.45) is 0. The van der Waals surface area contributed by atoms with Crippen molar-refractivity contribution >= 4 is 44.7 Å². The minimum atomic E-state index is -0.265. The van der Waals surface area contributed by atoms with Crippen LogP contribution in [0.15, 0.2) is 35.7 Å². The van der Waals surface area contributed by atoms with Gasteiger partial charge in [0.25, 0.3) is 0 Å². The van der Waals surface area contributed by atoms with Crippen LogP contribution in [0.3, 0.4) is 0 Å². The summed E-state index contributed by atoms with van der Waals surface area (Å²) >= 11 is 7.48. The highest BCUT2D eigenvalue weighted by molar-refractivity contribution is 7.17. The van der Waals surface area contributed by atoms with Crippen molar-refractivity contribution in [3.8, 4) is 0 Å². The number of hydrogen-bond donors (Lipinski definition) is 0. The van der Waals surface area contributed by atoms with Crippen LogP contribution in [-0.4, -0.2) is 17.0 Å². The third kappa shape index (κ3) is 2.27. The number of thiophene rings is 1. The number of aromatic nitrogens is 2. The van der Waals surface area contributed by atoms with Crippen LogP contribution in [0.25, 0.3) is 10.2 Å². The van der Waals surface area contributed by atoms with Crippen LogP contribution in [0.1, 0.15) is 0 Å². The molecule has 0 saturated carbocycles. The van der Waals surface area contributed by atoms with Crippen molar-refractivity contribution in [2.45, 2.75) is 0 Å². The molecular weight excluding hydrogens is 285 g/mol. The Morgan fingerprint density at radius 3 is 2.63 bits per heavy atom. The van der Waals surface area contributed by atoms with E-state index in [0.717, 1.165) is 21.7 Å². The molecule has 0 atom stereocenters. The van der Waals surface area contributed by atoms with Crippen LogP contribution >= 0.6 is 22.9 Å². The normalized spacial score (nSPS) is 10.9. The Morgan fingerprint density at radius 1 is 1.16 bits per heavy atom. The van der Waals surface area contributed by atoms with E-state index in [1.54, 1.807) is 23.5 Å². The number of benzene rings is 1. The van der Waals surface area contributed by atoms with E-state index < -0.39 is 0 Å².